The van der Waals surface area contributed by atoms with Gasteiger partial charge in [-0.1, -0.05) is 96.6 Å². The predicted molar refractivity (Wildman–Crippen MR) is 140 cm³/mol. The molecule has 4 rings (SSSR count). The number of hydrogen-bond donors (Lipinski definition) is 0. The second kappa shape index (κ2) is 11.0. The van der Waals surface area contributed by atoms with Gasteiger partial charge in [-0.05, 0) is 25.1 Å². The smallest absolute Gasteiger partial charge is 0.297 e. The number of rotatable bonds is 10. The fourth-order valence-corrected chi connectivity index (χ4v) is 7.36. The van der Waals surface area contributed by atoms with E-state index in [0.717, 1.165) is 21.7 Å². The van der Waals surface area contributed by atoms with Crippen molar-refractivity contribution in [1.82, 2.24) is 0 Å². The van der Waals surface area contributed by atoms with Gasteiger partial charge in [0.15, 0.2) is 0 Å². The average Bonchev–Trinajstić information content (AvgIpc) is 2.89. The molecule has 0 radical (unpaired) electrons. The lowest BCUT2D eigenvalue weighted by molar-refractivity contribution is 0.220. The highest BCUT2D eigenvalue weighted by Gasteiger charge is 2.28. The zero-order valence-electron chi connectivity index (χ0n) is 19.4. The van der Waals surface area contributed by atoms with E-state index in [1.807, 2.05) is 85.8 Å². The van der Waals surface area contributed by atoms with Gasteiger partial charge in [0, 0.05) is 22.3 Å². The molecule has 0 atom stereocenters. The molecule has 0 aliphatic heterocycles. The van der Waals surface area contributed by atoms with E-state index in [4.69, 9.17) is 8.92 Å². The lowest BCUT2D eigenvalue weighted by Gasteiger charge is -2.21. The van der Waals surface area contributed by atoms with E-state index in [-0.39, 0.29) is 24.3 Å². The predicted octanol–water partition coefficient (Wildman–Crippen LogP) is 5.29. The molecule has 7 heteroatoms. The van der Waals surface area contributed by atoms with Crippen LogP contribution in [-0.4, -0.2) is 21.6 Å². The third kappa shape index (κ3) is 6.09. The van der Waals surface area contributed by atoms with Gasteiger partial charge in [-0.2, -0.15) is 8.42 Å². The van der Waals surface area contributed by atoms with Gasteiger partial charge in [0.05, 0.1) is 4.90 Å². The van der Waals surface area contributed by atoms with E-state index in [2.05, 4.69) is 0 Å². The van der Waals surface area contributed by atoms with Gasteiger partial charge in [-0.15, -0.1) is 0 Å². The summed E-state index contributed by atoms with van der Waals surface area (Å²) >= 11 is 0. The van der Waals surface area contributed by atoms with Gasteiger partial charge in [-0.25, -0.2) is 0 Å². The van der Waals surface area contributed by atoms with E-state index in [1.165, 1.54) is 12.1 Å². The van der Waals surface area contributed by atoms with Crippen LogP contribution in [0.5, 0.6) is 5.75 Å². The van der Waals surface area contributed by atoms with Crippen molar-refractivity contribution in [2.45, 2.75) is 18.0 Å². The highest BCUT2D eigenvalue weighted by atomic mass is 32.2. The minimum absolute atomic E-state index is 0.0308. The van der Waals surface area contributed by atoms with E-state index in [0.29, 0.717) is 5.75 Å². The summed E-state index contributed by atoms with van der Waals surface area (Å²) in [5.74, 6) is 0.552. The highest BCUT2D eigenvalue weighted by Crippen LogP contribution is 2.48. The Balaban J connectivity index is 1.50. The van der Waals surface area contributed by atoms with Crippen molar-refractivity contribution in [3.63, 3.8) is 0 Å². The molecule has 0 spiro atoms. The van der Waals surface area contributed by atoms with Crippen molar-refractivity contribution in [3.8, 4) is 5.75 Å². The molecule has 0 N–H and O–H groups in total. The molecule has 4 aromatic rings. The SMILES string of the molecule is Cc1ccc(S(=O)(=O)OCCOc2ccccc2CP(=O)(c2ccccc2)c2ccccc2)cc1. The van der Waals surface area contributed by atoms with Crippen molar-refractivity contribution >= 4 is 27.9 Å². The number of hydrogen-bond acceptors (Lipinski definition) is 5. The number of ether oxygens (including phenoxy) is 1. The van der Waals surface area contributed by atoms with Crippen LogP contribution in [-0.2, 0) is 25.0 Å². The fourth-order valence-electron chi connectivity index (χ4n) is 3.75. The first-order valence-corrected chi connectivity index (χ1v) is 14.6. The Morgan fingerprint density at radius 2 is 1.23 bits per heavy atom. The molecule has 0 aliphatic carbocycles. The van der Waals surface area contributed by atoms with E-state index in [1.54, 1.807) is 18.2 Å². The topological polar surface area (TPSA) is 69.7 Å². The number of benzene rings is 4. The summed E-state index contributed by atoms with van der Waals surface area (Å²) in [6, 6.07) is 32.8. The maximum Gasteiger partial charge on any atom is 0.297 e. The van der Waals surface area contributed by atoms with Crippen LogP contribution in [0.15, 0.2) is 114 Å². The van der Waals surface area contributed by atoms with Crippen LogP contribution in [0.3, 0.4) is 0 Å². The van der Waals surface area contributed by atoms with Crippen LogP contribution in [0, 0.1) is 6.92 Å². The summed E-state index contributed by atoms with van der Waals surface area (Å²) in [6.45, 7) is 1.78. The van der Waals surface area contributed by atoms with Crippen LogP contribution < -0.4 is 15.3 Å². The number of para-hydroxylation sites is 1. The van der Waals surface area contributed by atoms with E-state index >= 15 is 0 Å². The Labute approximate surface area is 206 Å². The van der Waals surface area contributed by atoms with Gasteiger partial charge in [0.2, 0.25) is 0 Å². The first-order valence-electron chi connectivity index (χ1n) is 11.3. The van der Waals surface area contributed by atoms with E-state index in [9.17, 15) is 13.0 Å². The number of aryl methyl sites for hydroxylation is 1. The summed E-state index contributed by atoms with van der Waals surface area (Å²) in [6.07, 6.45) is 0.278. The molecule has 0 fully saturated rings. The van der Waals surface area contributed by atoms with Crippen molar-refractivity contribution in [1.29, 1.82) is 0 Å². The quantitative estimate of drug-likeness (QED) is 0.166. The molecular formula is C28H27O5PS. The van der Waals surface area contributed by atoms with Crippen LogP contribution in [0.2, 0.25) is 0 Å². The molecule has 0 heterocycles. The summed E-state index contributed by atoms with van der Waals surface area (Å²) in [7, 11) is -6.86. The maximum absolute atomic E-state index is 14.4. The Morgan fingerprint density at radius 1 is 0.686 bits per heavy atom. The van der Waals surface area contributed by atoms with Crippen LogP contribution >= 0.6 is 7.14 Å². The Morgan fingerprint density at radius 3 is 1.83 bits per heavy atom. The first kappa shape index (κ1) is 24.9. The van der Waals surface area contributed by atoms with Gasteiger partial charge < -0.3 is 9.30 Å². The third-order valence-electron chi connectivity index (χ3n) is 5.60. The van der Waals surface area contributed by atoms with Gasteiger partial charge in [0.1, 0.15) is 26.1 Å². The second-order valence-corrected chi connectivity index (χ2v) is 12.6. The maximum atomic E-state index is 14.4. The molecule has 0 aromatic heterocycles. The van der Waals surface area contributed by atoms with Crippen molar-refractivity contribution < 1.29 is 21.9 Å². The molecule has 0 amide bonds. The monoisotopic (exact) mass is 506 g/mol. The molecule has 0 aliphatic rings. The summed E-state index contributed by atoms with van der Waals surface area (Å²) in [4.78, 5) is 0.107. The fraction of sp³-hybridized carbons (Fsp3) is 0.143. The molecule has 0 saturated heterocycles. The molecule has 180 valence electrons. The zero-order chi connectivity index (χ0) is 24.7. The Bertz CT molecular complexity index is 1360. The minimum atomic E-state index is -3.87. The summed E-state index contributed by atoms with van der Waals surface area (Å²) in [5.41, 5.74) is 1.75. The van der Waals surface area contributed by atoms with Crippen LogP contribution in [0.1, 0.15) is 11.1 Å². The normalized spacial score (nSPS) is 11.8. The Kier molecular flexibility index (Phi) is 7.86. The molecular weight excluding hydrogens is 479 g/mol. The molecule has 4 aromatic carbocycles. The van der Waals surface area contributed by atoms with Crippen molar-refractivity contribution in [3.05, 3.63) is 120 Å². The van der Waals surface area contributed by atoms with Crippen LogP contribution in [0.4, 0.5) is 0 Å². The van der Waals surface area contributed by atoms with Gasteiger partial charge in [0.25, 0.3) is 10.1 Å². The summed E-state index contributed by atoms with van der Waals surface area (Å²) in [5, 5.41) is 1.54. The molecule has 5 nitrogen and oxygen atoms in total. The van der Waals surface area contributed by atoms with Gasteiger partial charge in [-0.3, -0.25) is 4.18 Å². The van der Waals surface area contributed by atoms with Crippen LogP contribution in [0.25, 0.3) is 0 Å². The molecule has 0 unspecified atom stereocenters. The second-order valence-electron chi connectivity index (χ2n) is 8.11. The molecule has 0 bridgehead atoms. The largest absolute Gasteiger partial charge is 0.491 e. The first-order chi connectivity index (χ1) is 16.9. The lowest BCUT2D eigenvalue weighted by atomic mass is 10.2. The molecule has 0 saturated carbocycles. The highest BCUT2D eigenvalue weighted by molar-refractivity contribution is 7.86. The van der Waals surface area contributed by atoms with Crippen molar-refractivity contribution in [2.24, 2.45) is 0 Å². The van der Waals surface area contributed by atoms with E-state index < -0.39 is 17.3 Å². The van der Waals surface area contributed by atoms with Gasteiger partial charge >= 0.3 is 0 Å². The standard InChI is InChI=1S/C28H27O5PS/c1-23-16-18-27(19-17-23)35(30,31)33-21-20-32-28-15-9-8-10-24(28)22-34(29,25-11-4-2-5-12-25)26-13-6-3-7-14-26/h2-19H,20-22H2,1H3. The van der Waals surface area contributed by atoms with Crippen molar-refractivity contribution in [2.75, 3.05) is 13.2 Å². The Hall–Kier alpha value is -3.18. The average molecular weight is 507 g/mol. The summed E-state index contributed by atoms with van der Waals surface area (Å²) < 4.78 is 50.3. The minimum Gasteiger partial charge on any atom is -0.491 e. The molecule has 35 heavy (non-hydrogen) atoms. The third-order valence-corrected chi connectivity index (χ3v) is 9.98. The zero-order valence-corrected chi connectivity index (χ0v) is 21.1. The lowest BCUT2D eigenvalue weighted by Crippen LogP contribution is -2.18.